The molecule has 0 spiro atoms. The monoisotopic (exact) mass is 321 g/mol. The van der Waals surface area contributed by atoms with Crippen LogP contribution in [0.2, 0.25) is 0 Å². The molecule has 0 aliphatic carbocycles. The Balaban J connectivity index is 4.55. The van der Waals surface area contributed by atoms with Crippen LogP contribution >= 0.6 is 0 Å². The maximum absolute atomic E-state index is 10.6. The van der Waals surface area contributed by atoms with Crippen LogP contribution in [0.15, 0.2) is 0 Å². The number of hydrogen-bond acceptors (Lipinski definition) is 6. The first-order chi connectivity index (χ1) is 9.68. The van der Waals surface area contributed by atoms with Gasteiger partial charge >= 0.3 is 0 Å². The molecule has 0 aromatic rings. The fraction of sp³-hybridized carbons (Fsp3) is 1.00. The molecule has 0 N–H and O–H groups in total. The first-order valence-electron chi connectivity index (χ1n) is 7.67. The first-order valence-corrected chi connectivity index (χ1v) is 7.67. The van der Waals surface area contributed by atoms with Gasteiger partial charge in [-0.2, -0.15) is 0 Å². The van der Waals surface area contributed by atoms with Gasteiger partial charge in [0.2, 0.25) is 0 Å². The molecule has 1 atom stereocenters. The van der Waals surface area contributed by atoms with E-state index in [0.717, 1.165) is 0 Å². The van der Waals surface area contributed by atoms with Crippen LogP contribution in [0.1, 0.15) is 75.2 Å². The summed E-state index contributed by atoms with van der Waals surface area (Å²) in [7, 11) is 0. The highest BCUT2D eigenvalue weighted by atomic mass is 17.2. The van der Waals surface area contributed by atoms with Crippen molar-refractivity contribution >= 4 is 0 Å². The van der Waals surface area contributed by atoms with Gasteiger partial charge < -0.3 is 10.1 Å². The first kappa shape index (κ1) is 21.8. The van der Waals surface area contributed by atoms with Gasteiger partial charge in [0.25, 0.3) is 0 Å². The summed E-state index contributed by atoms with van der Waals surface area (Å²) in [6.45, 7) is 16.9. The Bertz CT molecular complexity index is 316. The van der Waals surface area contributed by atoms with Crippen molar-refractivity contribution in [3.05, 3.63) is 0 Å². The second-order valence-corrected chi connectivity index (χ2v) is 8.53. The maximum Gasteiger partial charge on any atom is 0.123 e. The van der Waals surface area contributed by atoms with Crippen LogP contribution in [-0.4, -0.2) is 29.0 Å². The van der Waals surface area contributed by atoms with Crippen LogP contribution in [0.3, 0.4) is 0 Å². The highest BCUT2D eigenvalue weighted by Gasteiger charge is 2.33. The second-order valence-electron chi connectivity index (χ2n) is 8.53. The lowest BCUT2D eigenvalue weighted by Gasteiger charge is -2.35. The third-order valence-corrected chi connectivity index (χ3v) is 2.63. The topological polar surface area (TPSA) is 69.2 Å². The van der Waals surface area contributed by atoms with Crippen LogP contribution in [0.25, 0.3) is 0 Å². The van der Waals surface area contributed by atoms with Gasteiger partial charge in [-0.25, -0.2) is 19.6 Å². The predicted octanol–water partition coefficient (Wildman–Crippen LogP) is 3.09. The van der Waals surface area contributed by atoms with E-state index in [1.807, 2.05) is 55.4 Å². The Kier molecular flexibility index (Phi) is 7.95. The zero-order valence-electron chi connectivity index (χ0n) is 15.6. The quantitative estimate of drug-likeness (QED) is 0.480. The van der Waals surface area contributed by atoms with Gasteiger partial charge in [-0.1, -0.05) is 0 Å². The summed E-state index contributed by atoms with van der Waals surface area (Å²) in [4.78, 5) is 25.7. The molecule has 0 aliphatic rings. The molecule has 0 aromatic carbocycles. The maximum atomic E-state index is 10.6. The van der Waals surface area contributed by atoms with Crippen LogP contribution in [0.4, 0.5) is 0 Å². The average molecular weight is 321 g/mol. The summed E-state index contributed by atoms with van der Waals surface area (Å²) in [5.74, 6) is 0. The van der Waals surface area contributed by atoms with Gasteiger partial charge in [0.15, 0.2) is 0 Å². The van der Waals surface area contributed by atoms with Crippen molar-refractivity contribution in [2.75, 3.05) is 6.61 Å². The Morgan fingerprint density at radius 1 is 0.636 bits per heavy atom. The van der Waals surface area contributed by atoms with Gasteiger partial charge in [-0.05, 0) is 75.2 Å². The smallest absolute Gasteiger partial charge is 0.123 e. The Morgan fingerprint density at radius 2 is 1.09 bits per heavy atom. The molecule has 22 heavy (non-hydrogen) atoms. The summed E-state index contributed by atoms with van der Waals surface area (Å²) < 4.78 is 0. The van der Waals surface area contributed by atoms with Crippen LogP contribution < -0.4 is 5.26 Å². The summed E-state index contributed by atoms with van der Waals surface area (Å²) in [6.07, 6.45) is 1.13. The van der Waals surface area contributed by atoms with Crippen molar-refractivity contribution in [2.45, 2.75) is 97.6 Å². The van der Waals surface area contributed by atoms with E-state index in [-0.39, 0.29) is 12.2 Å². The van der Waals surface area contributed by atoms with Gasteiger partial charge in [0.1, 0.15) is 5.60 Å². The lowest BCUT2D eigenvalue weighted by Crippen LogP contribution is -2.41. The van der Waals surface area contributed by atoms with Crippen molar-refractivity contribution in [3.8, 4) is 0 Å². The van der Waals surface area contributed by atoms with Crippen molar-refractivity contribution in [2.24, 2.45) is 0 Å². The molecule has 0 fully saturated rings. The van der Waals surface area contributed by atoms with E-state index in [1.54, 1.807) is 6.92 Å². The molecule has 0 radical (unpaired) electrons. The van der Waals surface area contributed by atoms with Gasteiger partial charge in [0.05, 0.1) is 23.4 Å². The van der Waals surface area contributed by atoms with E-state index < -0.39 is 16.8 Å². The minimum atomic E-state index is -0.850. The normalized spacial score (nSPS) is 16.6. The van der Waals surface area contributed by atoms with E-state index in [9.17, 15) is 5.26 Å². The van der Waals surface area contributed by atoms with Crippen LogP contribution in [-0.2, 0) is 24.4 Å². The lowest BCUT2D eigenvalue weighted by molar-refractivity contribution is -0.696. The van der Waals surface area contributed by atoms with Crippen LogP contribution in [0.5, 0.6) is 0 Å². The molecular formula is C16H33O6-. The molecule has 0 aromatic heterocycles. The molecule has 0 saturated heterocycles. The molecular weight excluding hydrogens is 288 g/mol. The van der Waals surface area contributed by atoms with E-state index >= 15 is 0 Å². The second kappa shape index (κ2) is 8.04. The predicted molar refractivity (Wildman–Crippen MR) is 81.5 cm³/mol. The minimum Gasteiger partial charge on any atom is -0.723 e. The zero-order valence-corrected chi connectivity index (χ0v) is 15.6. The Hall–Kier alpha value is -0.240. The molecule has 1 unspecified atom stereocenters. The summed E-state index contributed by atoms with van der Waals surface area (Å²) in [5, 5.41) is 10.6. The Labute approximate surface area is 134 Å². The number of rotatable bonds is 9. The molecule has 0 amide bonds. The summed E-state index contributed by atoms with van der Waals surface area (Å²) >= 11 is 0. The molecule has 134 valence electrons. The third kappa shape index (κ3) is 11.3. The van der Waals surface area contributed by atoms with Gasteiger partial charge in [-0.3, -0.25) is 0 Å². The van der Waals surface area contributed by atoms with E-state index in [0.29, 0.717) is 12.8 Å². The molecule has 0 heterocycles. The van der Waals surface area contributed by atoms with E-state index in [2.05, 4.69) is 4.89 Å². The van der Waals surface area contributed by atoms with Gasteiger partial charge in [0, 0.05) is 0 Å². The molecule has 0 saturated carbocycles. The third-order valence-electron chi connectivity index (χ3n) is 2.63. The molecule has 0 rings (SSSR count). The highest BCUT2D eigenvalue weighted by molar-refractivity contribution is 4.79. The minimum absolute atomic E-state index is 0.112. The van der Waals surface area contributed by atoms with Crippen LogP contribution in [0, 0.1) is 0 Å². The molecule has 0 bridgehead atoms. The summed E-state index contributed by atoms with van der Waals surface area (Å²) in [6, 6.07) is 0. The van der Waals surface area contributed by atoms with Crippen molar-refractivity contribution in [1.29, 1.82) is 0 Å². The summed E-state index contributed by atoms with van der Waals surface area (Å²) in [5.41, 5.74) is -2.23. The highest BCUT2D eigenvalue weighted by Crippen LogP contribution is 2.28. The standard InChI is InChI=1S/C16H34O6/c1-13(2,3)19-21-15(7,8)10-11-16(9,12-18-17)22-20-14(4,5)6/h17H,10-12H2,1-9H3/p-1. The lowest BCUT2D eigenvalue weighted by atomic mass is 9.93. The van der Waals surface area contributed by atoms with E-state index in [1.165, 1.54) is 0 Å². The number of hydrogen-bond donors (Lipinski definition) is 0. The SMILES string of the molecule is CC(C)(C)OOC(C)(C)CCC(C)(CO[O-])OOC(C)(C)C. The molecule has 6 heteroatoms. The van der Waals surface area contributed by atoms with Gasteiger partial charge in [-0.15, -0.1) is 0 Å². The molecule has 6 nitrogen and oxygen atoms in total. The Morgan fingerprint density at radius 3 is 1.50 bits per heavy atom. The zero-order chi connectivity index (χ0) is 17.7. The van der Waals surface area contributed by atoms with E-state index in [4.69, 9.17) is 19.6 Å². The largest absolute Gasteiger partial charge is 0.723 e. The molecule has 0 aliphatic heterocycles. The van der Waals surface area contributed by atoms with Crippen molar-refractivity contribution in [3.63, 3.8) is 0 Å². The van der Waals surface area contributed by atoms with Crippen molar-refractivity contribution in [1.82, 2.24) is 0 Å². The van der Waals surface area contributed by atoms with Crippen molar-refractivity contribution < 1.29 is 29.7 Å². The average Bonchev–Trinajstić information content (AvgIpc) is 2.31. The fourth-order valence-corrected chi connectivity index (χ4v) is 1.33. The fourth-order valence-electron chi connectivity index (χ4n) is 1.33.